The number of phenols is 1. The summed E-state index contributed by atoms with van der Waals surface area (Å²) in [6.45, 7) is 1.42. The van der Waals surface area contributed by atoms with E-state index in [1.54, 1.807) is 111 Å². The van der Waals surface area contributed by atoms with E-state index in [0.717, 1.165) is 0 Å². The minimum atomic E-state index is -0.557. The molecule has 230 valence electrons. The second kappa shape index (κ2) is 13.0. The lowest BCUT2D eigenvalue weighted by Gasteiger charge is -2.11. The molecule has 0 bridgehead atoms. The van der Waals surface area contributed by atoms with Crippen LogP contribution in [0.4, 0.5) is 22.9 Å². The fourth-order valence-electron chi connectivity index (χ4n) is 4.99. The van der Waals surface area contributed by atoms with E-state index in [4.69, 9.17) is 4.74 Å². The molecule has 0 saturated heterocycles. The van der Waals surface area contributed by atoms with Crippen LogP contribution in [0.15, 0.2) is 114 Å². The highest BCUT2D eigenvalue weighted by Crippen LogP contribution is 2.41. The van der Waals surface area contributed by atoms with Crippen LogP contribution in [0.1, 0.15) is 22.8 Å². The standard InChI is InChI=1S/C35H26N8O4/c1-21(44)39-24-10-8-22(9-11-24)30-20-43(35-37-16-5-17-38-35)33(29(30)19-36)42-41-31-27-7-4-3-6-23(27)18-28(32(31)45)34(46)40-25-12-14-26(47-2)15-13-25/h3-18,20,45H,1-2H3,(H,39,44)(H,40,46)/b42-41+. The van der Waals surface area contributed by atoms with Crippen LogP contribution in [0.2, 0.25) is 0 Å². The number of nitrogens with one attached hydrogen (secondary N) is 2. The molecule has 0 spiro atoms. The van der Waals surface area contributed by atoms with Crippen molar-refractivity contribution in [2.24, 2.45) is 10.2 Å². The summed E-state index contributed by atoms with van der Waals surface area (Å²) in [5.41, 5.74) is 2.49. The van der Waals surface area contributed by atoms with Gasteiger partial charge in [-0.1, -0.05) is 36.4 Å². The molecule has 0 aliphatic carbocycles. The first-order chi connectivity index (χ1) is 22.9. The van der Waals surface area contributed by atoms with E-state index in [1.165, 1.54) is 11.5 Å². The van der Waals surface area contributed by atoms with Crippen molar-refractivity contribution in [3.8, 4) is 34.6 Å². The first-order valence-corrected chi connectivity index (χ1v) is 14.3. The molecule has 0 aliphatic rings. The second-order valence-corrected chi connectivity index (χ2v) is 10.3. The molecule has 0 saturated carbocycles. The summed E-state index contributed by atoms with van der Waals surface area (Å²) in [6.07, 6.45) is 4.79. The number of carbonyl (C=O) groups excluding carboxylic acids is 2. The molecule has 6 rings (SSSR count). The average molecular weight is 623 g/mol. The number of anilines is 2. The molecule has 0 fully saturated rings. The van der Waals surface area contributed by atoms with E-state index < -0.39 is 5.91 Å². The van der Waals surface area contributed by atoms with E-state index in [1.807, 2.05) is 0 Å². The van der Waals surface area contributed by atoms with Crippen LogP contribution in [0.3, 0.4) is 0 Å². The molecule has 12 nitrogen and oxygen atoms in total. The molecule has 47 heavy (non-hydrogen) atoms. The molecule has 0 aliphatic heterocycles. The number of aromatic hydroxyl groups is 1. The Hall–Kier alpha value is -6.87. The first kappa shape index (κ1) is 30.2. The summed E-state index contributed by atoms with van der Waals surface area (Å²) in [5, 5.41) is 37.3. The lowest BCUT2D eigenvalue weighted by Crippen LogP contribution is -2.12. The number of methoxy groups -OCH3 is 1. The molecule has 4 aromatic carbocycles. The SMILES string of the molecule is COc1ccc(NC(=O)c2cc3ccccc3c(/N=N/c3c(C#N)c(-c4ccc(NC(C)=O)cc4)cn3-c3ncccn3)c2O)cc1. The average Bonchev–Trinajstić information content (AvgIpc) is 3.46. The van der Waals surface area contributed by atoms with Crippen LogP contribution in [-0.4, -0.2) is 38.6 Å². The Morgan fingerprint density at radius 2 is 1.60 bits per heavy atom. The van der Waals surface area contributed by atoms with Crippen LogP contribution >= 0.6 is 0 Å². The van der Waals surface area contributed by atoms with Crippen molar-refractivity contribution >= 4 is 45.5 Å². The van der Waals surface area contributed by atoms with Gasteiger partial charge in [-0.3, -0.25) is 14.2 Å². The lowest BCUT2D eigenvalue weighted by atomic mass is 10.0. The molecule has 0 radical (unpaired) electrons. The summed E-state index contributed by atoms with van der Waals surface area (Å²) in [7, 11) is 1.55. The summed E-state index contributed by atoms with van der Waals surface area (Å²) < 4.78 is 6.71. The Balaban J connectivity index is 1.46. The third-order valence-electron chi connectivity index (χ3n) is 7.21. The Morgan fingerprint density at radius 1 is 0.915 bits per heavy atom. The third kappa shape index (κ3) is 6.22. The zero-order chi connectivity index (χ0) is 32.9. The van der Waals surface area contributed by atoms with Crippen molar-refractivity contribution in [1.29, 1.82) is 5.26 Å². The predicted molar refractivity (Wildman–Crippen MR) is 177 cm³/mol. The van der Waals surface area contributed by atoms with Gasteiger partial charge >= 0.3 is 0 Å². The monoisotopic (exact) mass is 622 g/mol. The van der Waals surface area contributed by atoms with E-state index in [0.29, 0.717) is 39.0 Å². The van der Waals surface area contributed by atoms with Gasteiger partial charge in [-0.25, -0.2) is 9.97 Å². The summed E-state index contributed by atoms with van der Waals surface area (Å²) in [4.78, 5) is 33.5. The normalized spacial score (nSPS) is 10.9. The number of carbonyl (C=O) groups is 2. The number of hydrogen-bond donors (Lipinski definition) is 3. The summed E-state index contributed by atoms with van der Waals surface area (Å²) in [5.74, 6) is -0.175. The van der Waals surface area contributed by atoms with Gasteiger partial charge in [0.15, 0.2) is 11.6 Å². The maximum Gasteiger partial charge on any atom is 0.259 e. The number of fused-ring (bicyclic) bond motifs is 1. The van der Waals surface area contributed by atoms with Crippen LogP contribution in [0.25, 0.3) is 27.8 Å². The molecule has 2 aromatic heterocycles. The van der Waals surface area contributed by atoms with Crippen LogP contribution in [0, 0.1) is 11.3 Å². The smallest absolute Gasteiger partial charge is 0.259 e. The number of benzene rings is 4. The van der Waals surface area contributed by atoms with E-state index in [-0.39, 0.29) is 40.2 Å². The van der Waals surface area contributed by atoms with Gasteiger partial charge in [0.05, 0.1) is 12.7 Å². The van der Waals surface area contributed by atoms with Gasteiger partial charge in [0.1, 0.15) is 23.1 Å². The third-order valence-corrected chi connectivity index (χ3v) is 7.21. The largest absolute Gasteiger partial charge is 0.505 e. The summed E-state index contributed by atoms with van der Waals surface area (Å²) >= 11 is 0. The first-order valence-electron chi connectivity index (χ1n) is 14.3. The molecule has 6 aromatic rings. The molecule has 3 N–H and O–H groups in total. The quantitative estimate of drug-likeness (QED) is 0.150. The fraction of sp³-hybridized carbons (Fsp3) is 0.0571. The van der Waals surface area contributed by atoms with Gasteiger partial charge < -0.3 is 20.5 Å². The number of ether oxygens (including phenoxy) is 1. The van der Waals surface area contributed by atoms with Gasteiger partial charge in [0, 0.05) is 47.8 Å². The van der Waals surface area contributed by atoms with Gasteiger partial charge in [0.2, 0.25) is 11.9 Å². The number of nitriles is 1. The number of phenolic OH excluding ortho intramolecular Hbond substituents is 1. The van der Waals surface area contributed by atoms with E-state index in [2.05, 4.69) is 36.9 Å². The van der Waals surface area contributed by atoms with Crippen molar-refractivity contribution < 1.29 is 19.4 Å². The van der Waals surface area contributed by atoms with Crippen molar-refractivity contribution in [3.63, 3.8) is 0 Å². The lowest BCUT2D eigenvalue weighted by molar-refractivity contribution is -0.114. The molecule has 2 amide bonds. The summed E-state index contributed by atoms with van der Waals surface area (Å²) in [6, 6.07) is 26.4. The van der Waals surface area contributed by atoms with Crippen LogP contribution in [0.5, 0.6) is 11.5 Å². The highest BCUT2D eigenvalue weighted by atomic mass is 16.5. The highest BCUT2D eigenvalue weighted by molar-refractivity contribution is 6.11. The number of aromatic nitrogens is 3. The minimum Gasteiger partial charge on any atom is -0.505 e. The zero-order valence-corrected chi connectivity index (χ0v) is 25.2. The maximum atomic E-state index is 13.4. The number of nitrogens with zero attached hydrogens (tertiary/aromatic N) is 6. The van der Waals surface area contributed by atoms with Gasteiger partial charge in [-0.05, 0) is 59.5 Å². The highest BCUT2D eigenvalue weighted by Gasteiger charge is 2.22. The van der Waals surface area contributed by atoms with Crippen LogP contribution in [-0.2, 0) is 4.79 Å². The molecular formula is C35H26N8O4. The number of hydrogen-bond acceptors (Lipinski definition) is 9. The Morgan fingerprint density at radius 3 is 2.28 bits per heavy atom. The van der Waals surface area contributed by atoms with Gasteiger partial charge in [0.25, 0.3) is 5.91 Å². The number of azo groups is 1. The molecule has 2 heterocycles. The van der Waals surface area contributed by atoms with E-state index in [9.17, 15) is 20.0 Å². The maximum absolute atomic E-state index is 13.4. The van der Waals surface area contributed by atoms with Crippen LogP contribution < -0.4 is 15.4 Å². The molecule has 0 atom stereocenters. The van der Waals surface area contributed by atoms with Crippen molar-refractivity contribution in [1.82, 2.24) is 14.5 Å². The number of rotatable bonds is 8. The van der Waals surface area contributed by atoms with Gasteiger partial charge in [-0.15, -0.1) is 10.2 Å². The van der Waals surface area contributed by atoms with E-state index >= 15 is 0 Å². The fourth-order valence-corrected chi connectivity index (χ4v) is 4.99. The molecule has 12 heteroatoms. The topological polar surface area (TPSA) is 167 Å². The minimum absolute atomic E-state index is 0.0179. The number of amides is 2. The Kier molecular flexibility index (Phi) is 8.35. The van der Waals surface area contributed by atoms with Gasteiger partial charge in [-0.2, -0.15) is 5.26 Å². The van der Waals surface area contributed by atoms with Crippen molar-refractivity contribution in [3.05, 3.63) is 115 Å². The van der Waals surface area contributed by atoms with Crippen molar-refractivity contribution in [2.45, 2.75) is 6.92 Å². The van der Waals surface area contributed by atoms with Crippen molar-refractivity contribution in [2.75, 3.05) is 17.7 Å². The second-order valence-electron chi connectivity index (χ2n) is 10.3. The molecular weight excluding hydrogens is 596 g/mol. The zero-order valence-electron chi connectivity index (χ0n) is 25.2. The Bertz CT molecular complexity index is 2190. The Labute approximate surface area is 268 Å². The molecule has 0 unspecified atom stereocenters. The predicted octanol–water partition coefficient (Wildman–Crippen LogP) is 7.30.